The lowest BCUT2D eigenvalue weighted by Crippen LogP contribution is -2.20. The van der Waals surface area contributed by atoms with Gasteiger partial charge in [-0.05, 0) is 51.3 Å². The first-order valence-corrected chi connectivity index (χ1v) is 7.48. The van der Waals surface area contributed by atoms with Gasteiger partial charge < -0.3 is 10.1 Å². The summed E-state index contributed by atoms with van der Waals surface area (Å²) in [5.74, 6) is 0.375. The molecule has 1 aromatic carbocycles. The molecule has 1 saturated carbocycles. The SMILES string of the molecule is CC(C)(C)OCc1ccc(NC(=O)C2CCCC2)cc1. The van der Waals surface area contributed by atoms with Crippen molar-refractivity contribution in [2.45, 2.75) is 58.7 Å². The van der Waals surface area contributed by atoms with Gasteiger partial charge in [0.2, 0.25) is 5.91 Å². The molecule has 0 aliphatic heterocycles. The average molecular weight is 275 g/mol. The van der Waals surface area contributed by atoms with Crippen LogP contribution < -0.4 is 5.32 Å². The molecule has 1 aliphatic rings. The summed E-state index contributed by atoms with van der Waals surface area (Å²) in [6.07, 6.45) is 4.43. The second-order valence-electron chi connectivity index (χ2n) is 6.57. The number of amides is 1. The molecule has 1 aliphatic carbocycles. The fraction of sp³-hybridized carbons (Fsp3) is 0.588. The van der Waals surface area contributed by atoms with Gasteiger partial charge in [-0.2, -0.15) is 0 Å². The third kappa shape index (κ3) is 4.64. The summed E-state index contributed by atoms with van der Waals surface area (Å²) in [5.41, 5.74) is 1.87. The Hall–Kier alpha value is -1.35. The Labute approximate surface area is 121 Å². The molecule has 0 heterocycles. The van der Waals surface area contributed by atoms with Gasteiger partial charge in [-0.3, -0.25) is 4.79 Å². The number of hydrogen-bond acceptors (Lipinski definition) is 2. The molecule has 110 valence electrons. The molecule has 2 rings (SSSR count). The van der Waals surface area contributed by atoms with E-state index in [-0.39, 0.29) is 17.4 Å². The third-order valence-electron chi connectivity index (χ3n) is 3.62. The van der Waals surface area contributed by atoms with Gasteiger partial charge in [0.25, 0.3) is 0 Å². The Morgan fingerprint density at radius 3 is 2.35 bits per heavy atom. The van der Waals surface area contributed by atoms with E-state index in [1.54, 1.807) is 0 Å². The number of rotatable bonds is 4. The maximum absolute atomic E-state index is 12.0. The van der Waals surface area contributed by atoms with Crippen LogP contribution in [-0.4, -0.2) is 11.5 Å². The number of benzene rings is 1. The van der Waals surface area contributed by atoms with Crippen molar-refractivity contribution >= 4 is 11.6 Å². The molecule has 0 spiro atoms. The smallest absolute Gasteiger partial charge is 0.227 e. The zero-order valence-electron chi connectivity index (χ0n) is 12.7. The first-order chi connectivity index (χ1) is 9.44. The van der Waals surface area contributed by atoms with E-state index in [0.717, 1.165) is 24.1 Å². The first kappa shape index (κ1) is 15.0. The molecule has 20 heavy (non-hydrogen) atoms. The van der Waals surface area contributed by atoms with Gasteiger partial charge in [0.05, 0.1) is 12.2 Å². The van der Waals surface area contributed by atoms with E-state index >= 15 is 0 Å². The number of anilines is 1. The third-order valence-corrected chi connectivity index (χ3v) is 3.62. The van der Waals surface area contributed by atoms with Crippen LogP contribution in [0.25, 0.3) is 0 Å². The van der Waals surface area contributed by atoms with Crippen LogP contribution in [0, 0.1) is 5.92 Å². The summed E-state index contributed by atoms with van der Waals surface area (Å²) in [6.45, 7) is 6.73. The minimum atomic E-state index is -0.130. The van der Waals surface area contributed by atoms with Crippen LogP contribution in [0.5, 0.6) is 0 Å². The molecule has 3 nitrogen and oxygen atoms in total. The van der Waals surface area contributed by atoms with Gasteiger partial charge in [-0.15, -0.1) is 0 Å². The van der Waals surface area contributed by atoms with Gasteiger partial charge >= 0.3 is 0 Å². The lowest BCUT2D eigenvalue weighted by molar-refractivity contribution is -0.119. The van der Waals surface area contributed by atoms with Crippen molar-refractivity contribution in [1.82, 2.24) is 0 Å². The Morgan fingerprint density at radius 1 is 1.20 bits per heavy atom. The number of carbonyl (C=O) groups excluding carboxylic acids is 1. The maximum atomic E-state index is 12.0. The van der Waals surface area contributed by atoms with Crippen LogP contribution in [0.1, 0.15) is 52.0 Å². The van der Waals surface area contributed by atoms with E-state index in [9.17, 15) is 4.79 Å². The predicted molar refractivity (Wildman–Crippen MR) is 81.6 cm³/mol. The molecule has 3 heteroatoms. The van der Waals surface area contributed by atoms with Crippen LogP contribution in [-0.2, 0) is 16.1 Å². The summed E-state index contributed by atoms with van der Waals surface area (Å²) in [7, 11) is 0. The number of ether oxygens (including phenoxy) is 1. The van der Waals surface area contributed by atoms with Crippen molar-refractivity contribution in [3.63, 3.8) is 0 Å². The Bertz CT molecular complexity index is 439. The minimum absolute atomic E-state index is 0.130. The van der Waals surface area contributed by atoms with E-state index in [1.165, 1.54) is 12.8 Å². The van der Waals surface area contributed by atoms with Gasteiger partial charge in [0.1, 0.15) is 0 Å². The summed E-state index contributed by atoms with van der Waals surface area (Å²) < 4.78 is 5.73. The van der Waals surface area contributed by atoms with E-state index in [2.05, 4.69) is 5.32 Å². The van der Waals surface area contributed by atoms with Gasteiger partial charge in [-0.1, -0.05) is 25.0 Å². The van der Waals surface area contributed by atoms with Crippen LogP contribution in [0.4, 0.5) is 5.69 Å². The quantitative estimate of drug-likeness (QED) is 0.897. The van der Waals surface area contributed by atoms with Crippen LogP contribution in [0.15, 0.2) is 24.3 Å². The highest BCUT2D eigenvalue weighted by atomic mass is 16.5. The Kier molecular flexibility index (Phi) is 4.81. The molecule has 0 atom stereocenters. The molecule has 1 amide bonds. The van der Waals surface area contributed by atoms with Crippen molar-refractivity contribution < 1.29 is 9.53 Å². The fourth-order valence-electron chi connectivity index (χ4n) is 2.42. The Balaban J connectivity index is 1.86. The van der Waals surface area contributed by atoms with Crippen molar-refractivity contribution in [2.24, 2.45) is 5.92 Å². The molecular formula is C17H25NO2. The zero-order valence-corrected chi connectivity index (χ0v) is 12.7. The molecule has 1 aromatic rings. The molecule has 0 radical (unpaired) electrons. The predicted octanol–water partition coefficient (Wildman–Crippen LogP) is 4.13. The average Bonchev–Trinajstić information content (AvgIpc) is 2.91. The van der Waals surface area contributed by atoms with Crippen molar-refractivity contribution in [2.75, 3.05) is 5.32 Å². The van der Waals surface area contributed by atoms with Crippen LogP contribution in [0.2, 0.25) is 0 Å². The fourth-order valence-corrected chi connectivity index (χ4v) is 2.42. The molecule has 1 fully saturated rings. The van der Waals surface area contributed by atoms with Crippen molar-refractivity contribution in [1.29, 1.82) is 0 Å². The van der Waals surface area contributed by atoms with E-state index in [4.69, 9.17) is 4.74 Å². The Morgan fingerprint density at radius 2 is 1.80 bits per heavy atom. The molecular weight excluding hydrogens is 250 g/mol. The highest BCUT2D eigenvalue weighted by Crippen LogP contribution is 2.26. The second kappa shape index (κ2) is 6.40. The number of nitrogens with one attached hydrogen (secondary N) is 1. The maximum Gasteiger partial charge on any atom is 0.227 e. The summed E-state index contributed by atoms with van der Waals surface area (Å²) in [4.78, 5) is 12.0. The number of carbonyl (C=O) groups is 1. The van der Waals surface area contributed by atoms with Crippen molar-refractivity contribution in [3.05, 3.63) is 29.8 Å². The second-order valence-corrected chi connectivity index (χ2v) is 6.57. The normalized spacial score (nSPS) is 16.4. The standard InChI is InChI=1S/C17H25NO2/c1-17(2,3)20-12-13-8-10-15(11-9-13)18-16(19)14-6-4-5-7-14/h8-11,14H,4-7,12H2,1-3H3,(H,18,19). The van der Waals surface area contributed by atoms with Crippen LogP contribution in [0.3, 0.4) is 0 Å². The largest absolute Gasteiger partial charge is 0.371 e. The number of hydrogen-bond donors (Lipinski definition) is 1. The van der Waals surface area contributed by atoms with Crippen LogP contribution >= 0.6 is 0 Å². The monoisotopic (exact) mass is 275 g/mol. The minimum Gasteiger partial charge on any atom is -0.371 e. The van der Waals surface area contributed by atoms with Gasteiger partial charge in [-0.25, -0.2) is 0 Å². The highest BCUT2D eigenvalue weighted by Gasteiger charge is 2.22. The molecule has 0 unspecified atom stereocenters. The van der Waals surface area contributed by atoms with E-state index in [1.807, 2.05) is 45.0 Å². The lowest BCUT2D eigenvalue weighted by Gasteiger charge is -2.19. The van der Waals surface area contributed by atoms with E-state index < -0.39 is 0 Å². The summed E-state index contributed by atoms with van der Waals surface area (Å²) in [6, 6.07) is 7.93. The molecule has 1 N–H and O–H groups in total. The van der Waals surface area contributed by atoms with Crippen molar-refractivity contribution in [3.8, 4) is 0 Å². The van der Waals surface area contributed by atoms with Gasteiger partial charge in [0, 0.05) is 11.6 Å². The van der Waals surface area contributed by atoms with E-state index in [0.29, 0.717) is 6.61 Å². The summed E-state index contributed by atoms with van der Waals surface area (Å²) >= 11 is 0. The lowest BCUT2D eigenvalue weighted by atomic mass is 10.1. The molecule has 0 aromatic heterocycles. The summed E-state index contributed by atoms with van der Waals surface area (Å²) in [5, 5.41) is 3.00. The zero-order chi connectivity index (χ0) is 14.6. The topological polar surface area (TPSA) is 38.3 Å². The highest BCUT2D eigenvalue weighted by molar-refractivity contribution is 5.92. The molecule has 0 saturated heterocycles. The first-order valence-electron chi connectivity index (χ1n) is 7.48. The van der Waals surface area contributed by atoms with Gasteiger partial charge in [0.15, 0.2) is 0 Å². The molecule has 0 bridgehead atoms.